The standard InChI is InChI=1S/C18H18N4O3/c1-19-17(23)9-14-11-21(10-13-6-7-20-22(13)14)18(24)16-8-12-4-2-3-5-15(12)25-16/h2-8,14H,9-11H2,1H3,(H,19,23)/t14-/m0/s1. The second kappa shape index (κ2) is 6.08. The number of amides is 2. The number of nitrogens with zero attached hydrogens (tertiary/aromatic N) is 3. The maximum absolute atomic E-state index is 12.9. The van der Waals surface area contributed by atoms with E-state index in [-0.39, 0.29) is 24.3 Å². The van der Waals surface area contributed by atoms with E-state index < -0.39 is 0 Å². The zero-order valence-corrected chi connectivity index (χ0v) is 13.8. The maximum Gasteiger partial charge on any atom is 0.290 e. The van der Waals surface area contributed by atoms with Crippen molar-refractivity contribution in [3.63, 3.8) is 0 Å². The van der Waals surface area contributed by atoms with Crippen LogP contribution < -0.4 is 5.32 Å². The van der Waals surface area contributed by atoms with Gasteiger partial charge in [-0.3, -0.25) is 14.3 Å². The first-order valence-electron chi connectivity index (χ1n) is 8.16. The van der Waals surface area contributed by atoms with Gasteiger partial charge >= 0.3 is 0 Å². The number of furan rings is 1. The Balaban J connectivity index is 1.62. The fourth-order valence-corrected chi connectivity index (χ4v) is 3.25. The molecule has 4 rings (SSSR count). The highest BCUT2D eigenvalue weighted by Gasteiger charge is 2.31. The number of carbonyl (C=O) groups excluding carboxylic acids is 2. The van der Waals surface area contributed by atoms with Gasteiger partial charge in [-0.25, -0.2) is 0 Å². The molecule has 1 aromatic carbocycles. The molecule has 0 unspecified atom stereocenters. The summed E-state index contributed by atoms with van der Waals surface area (Å²) in [6.07, 6.45) is 1.97. The second-order valence-electron chi connectivity index (χ2n) is 6.13. The van der Waals surface area contributed by atoms with Gasteiger partial charge in [-0.2, -0.15) is 5.10 Å². The van der Waals surface area contributed by atoms with Gasteiger partial charge in [-0.1, -0.05) is 18.2 Å². The first kappa shape index (κ1) is 15.4. The van der Waals surface area contributed by atoms with Crippen molar-refractivity contribution < 1.29 is 14.0 Å². The summed E-state index contributed by atoms with van der Waals surface area (Å²) in [4.78, 5) is 26.4. The molecule has 1 N–H and O–H groups in total. The molecular formula is C18H18N4O3. The lowest BCUT2D eigenvalue weighted by molar-refractivity contribution is -0.121. The Bertz CT molecular complexity index is 910. The van der Waals surface area contributed by atoms with Crippen LogP contribution in [0.4, 0.5) is 0 Å². The van der Waals surface area contributed by atoms with E-state index in [9.17, 15) is 9.59 Å². The van der Waals surface area contributed by atoms with E-state index in [2.05, 4.69) is 10.4 Å². The van der Waals surface area contributed by atoms with Crippen molar-refractivity contribution >= 4 is 22.8 Å². The molecule has 7 nitrogen and oxygen atoms in total. The molecule has 1 aliphatic heterocycles. The summed E-state index contributed by atoms with van der Waals surface area (Å²) >= 11 is 0. The fraction of sp³-hybridized carbons (Fsp3) is 0.278. The number of rotatable bonds is 3. The molecule has 1 atom stereocenters. The van der Waals surface area contributed by atoms with E-state index >= 15 is 0 Å². The van der Waals surface area contributed by atoms with Gasteiger partial charge in [-0.15, -0.1) is 0 Å². The molecule has 2 amide bonds. The largest absolute Gasteiger partial charge is 0.451 e. The summed E-state index contributed by atoms with van der Waals surface area (Å²) in [6, 6.07) is 11.0. The lowest BCUT2D eigenvalue weighted by Crippen LogP contribution is -2.42. The number of benzene rings is 1. The van der Waals surface area contributed by atoms with Crippen LogP contribution in [-0.2, 0) is 11.3 Å². The average molecular weight is 338 g/mol. The lowest BCUT2D eigenvalue weighted by Gasteiger charge is -2.33. The third-order valence-electron chi connectivity index (χ3n) is 4.51. The van der Waals surface area contributed by atoms with Gasteiger partial charge in [-0.05, 0) is 18.2 Å². The molecule has 25 heavy (non-hydrogen) atoms. The Kier molecular flexibility index (Phi) is 3.76. The summed E-state index contributed by atoms with van der Waals surface area (Å²) < 4.78 is 7.53. The molecule has 0 radical (unpaired) electrons. The highest BCUT2D eigenvalue weighted by atomic mass is 16.3. The average Bonchev–Trinajstić information content (AvgIpc) is 3.27. The summed E-state index contributed by atoms with van der Waals surface area (Å²) in [5.74, 6) is 0.0582. The summed E-state index contributed by atoms with van der Waals surface area (Å²) in [5.41, 5.74) is 1.60. The molecule has 7 heteroatoms. The van der Waals surface area contributed by atoms with E-state index in [1.54, 1.807) is 24.2 Å². The molecular weight excluding hydrogens is 320 g/mol. The highest BCUT2D eigenvalue weighted by molar-refractivity contribution is 5.96. The van der Waals surface area contributed by atoms with Crippen LogP contribution in [0.5, 0.6) is 0 Å². The smallest absolute Gasteiger partial charge is 0.290 e. The van der Waals surface area contributed by atoms with Crippen molar-refractivity contribution in [1.29, 1.82) is 0 Å². The number of hydrogen-bond donors (Lipinski definition) is 1. The van der Waals surface area contributed by atoms with Crippen molar-refractivity contribution in [2.75, 3.05) is 13.6 Å². The number of hydrogen-bond acceptors (Lipinski definition) is 4. The second-order valence-corrected chi connectivity index (χ2v) is 6.13. The first-order valence-corrected chi connectivity index (χ1v) is 8.16. The van der Waals surface area contributed by atoms with Crippen molar-refractivity contribution in [2.24, 2.45) is 0 Å². The van der Waals surface area contributed by atoms with Gasteiger partial charge in [0.05, 0.1) is 24.7 Å². The van der Waals surface area contributed by atoms with Gasteiger partial charge in [0.1, 0.15) is 5.58 Å². The van der Waals surface area contributed by atoms with Crippen molar-refractivity contribution in [1.82, 2.24) is 20.0 Å². The van der Waals surface area contributed by atoms with Crippen LogP contribution in [0.15, 0.2) is 47.0 Å². The molecule has 0 saturated heterocycles. The monoisotopic (exact) mass is 338 g/mol. The number of nitrogens with one attached hydrogen (secondary N) is 1. The molecule has 3 heterocycles. The third-order valence-corrected chi connectivity index (χ3v) is 4.51. The summed E-state index contributed by atoms with van der Waals surface area (Å²) in [7, 11) is 1.60. The molecule has 0 aliphatic carbocycles. The fourth-order valence-electron chi connectivity index (χ4n) is 3.25. The number of para-hydroxylation sites is 1. The van der Waals surface area contributed by atoms with E-state index in [4.69, 9.17) is 4.42 Å². The van der Waals surface area contributed by atoms with Crippen molar-refractivity contribution in [2.45, 2.75) is 19.0 Å². The Morgan fingerprint density at radius 2 is 2.16 bits per heavy atom. The molecule has 3 aromatic rings. The van der Waals surface area contributed by atoms with Crippen molar-refractivity contribution in [3.05, 3.63) is 54.0 Å². The van der Waals surface area contributed by atoms with Crippen LogP contribution in [-0.4, -0.2) is 40.1 Å². The Morgan fingerprint density at radius 3 is 2.96 bits per heavy atom. The zero-order chi connectivity index (χ0) is 17.4. The normalized spacial score (nSPS) is 16.7. The molecule has 2 aromatic heterocycles. The van der Waals surface area contributed by atoms with Crippen LogP contribution in [0.1, 0.15) is 28.7 Å². The van der Waals surface area contributed by atoms with Crippen LogP contribution in [0.25, 0.3) is 11.0 Å². The van der Waals surface area contributed by atoms with Crippen LogP contribution >= 0.6 is 0 Å². The predicted octanol–water partition coefficient (Wildman–Crippen LogP) is 1.96. The molecule has 0 fully saturated rings. The predicted molar refractivity (Wildman–Crippen MR) is 90.9 cm³/mol. The topological polar surface area (TPSA) is 80.4 Å². The Hall–Kier alpha value is -3.09. The first-order chi connectivity index (χ1) is 12.2. The van der Waals surface area contributed by atoms with Gasteiger partial charge < -0.3 is 14.6 Å². The summed E-state index contributed by atoms with van der Waals surface area (Å²) in [5, 5.41) is 7.83. The molecule has 0 saturated carbocycles. The molecule has 128 valence electrons. The summed E-state index contributed by atoms with van der Waals surface area (Å²) in [6.45, 7) is 0.859. The SMILES string of the molecule is CNC(=O)C[C@H]1CN(C(=O)c2cc3ccccc3o2)Cc2ccnn21. The number of fused-ring (bicyclic) bond motifs is 2. The van der Waals surface area contributed by atoms with E-state index in [0.717, 1.165) is 11.1 Å². The minimum absolute atomic E-state index is 0.0792. The van der Waals surface area contributed by atoms with Crippen molar-refractivity contribution in [3.8, 4) is 0 Å². The number of carbonyl (C=O) groups is 2. The van der Waals surface area contributed by atoms with Gasteiger partial charge in [0.15, 0.2) is 5.76 Å². The van der Waals surface area contributed by atoms with Gasteiger partial charge in [0.25, 0.3) is 5.91 Å². The zero-order valence-electron chi connectivity index (χ0n) is 13.8. The minimum atomic E-state index is -0.188. The third kappa shape index (κ3) is 2.77. The van der Waals surface area contributed by atoms with Crippen LogP contribution in [0.2, 0.25) is 0 Å². The van der Waals surface area contributed by atoms with E-state index in [1.807, 2.05) is 35.0 Å². The Morgan fingerprint density at radius 1 is 1.32 bits per heavy atom. The van der Waals surface area contributed by atoms with E-state index in [1.165, 1.54) is 0 Å². The highest BCUT2D eigenvalue weighted by Crippen LogP contribution is 2.26. The van der Waals surface area contributed by atoms with Gasteiger partial charge in [0, 0.05) is 25.2 Å². The lowest BCUT2D eigenvalue weighted by atomic mass is 10.1. The molecule has 0 spiro atoms. The van der Waals surface area contributed by atoms with Crippen LogP contribution in [0.3, 0.4) is 0 Å². The minimum Gasteiger partial charge on any atom is -0.451 e. The Labute approximate surface area is 144 Å². The van der Waals surface area contributed by atoms with Crippen LogP contribution in [0, 0.1) is 0 Å². The van der Waals surface area contributed by atoms with E-state index in [0.29, 0.717) is 24.4 Å². The van der Waals surface area contributed by atoms with Gasteiger partial charge in [0.2, 0.25) is 5.91 Å². The molecule has 0 bridgehead atoms. The maximum atomic E-state index is 12.9. The number of aromatic nitrogens is 2. The molecule has 1 aliphatic rings. The quantitative estimate of drug-likeness (QED) is 0.792.